The lowest BCUT2D eigenvalue weighted by Gasteiger charge is -2.35. The van der Waals surface area contributed by atoms with Crippen LogP contribution >= 0.6 is 0 Å². The zero-order valence-electron chi connectivity index (χ0n) is 12.9. The van der Waals surface area contributed by atoms with Crippen LogP contribution in [0.25, 0.3) is 0 Å². The Labute approximate surface area is 126 Å². The van der Waals surface area contributed by atoms with E-state index >= 15 is 0 Å². The highest BCUT2D eigenvalue weighted by Crippen LogP contribution is 2.14. The van der Waals surface area contributed by atoms with Crippen molar-refractivity contribution in [2.75, 3.05) is 32.8 Å². The number of nitrogens with two attached hydrogens (primary N) is 1. The Bertz CT molecular complexity index is 451. The van der Waals surface area contributed by atoms with Crippen molar-refractivity contribution in [1.82, 2.24) is 9.80 Å². The summed E-state index contributed by atoms with van der Waals surface area (Å²) in [7, 11) is 0. The van der Waals surface area contributed by atoms with E-state index in [1.807, 2.05) is 24.0 Å². The first kappa shape index (κ1) is 15.8. The van der Waals surface area contributed by atoms with Crippen molar-refractivity contribution in [1.29, 1.82) is 0 Å². The average Bonchev–Trinajstić information content (AvgIpc) is 2.49. The number of hydrogen-bond donors (Lipinski definition) is 1. The van der Waals surface area contributed by atoms with E-state index in [2.05, 4.69) is 17.0 Å². The van der Waals surface area contributed by atoms with Gasteiger partial charge in [0.2, 0.25) is 5.91 Å². The monoisotopic (exact) mass is 291 g/mol. The van der Waals surface area contributed by atoms with Crippen molar-refractivity contribution in [3.63, 3.8) is 0 Å². The van der Waals surface area contributed by atoms with Crippen LogP contribution in [0.1, 0.15) is 19.4 Å². The molecule has 21 heavy (non-hydrogen) atoms. The second kappa shape index (κ2) is 7.43. The van der Waals surface area contributed by atoms with Crippen molar-refractivity contribution in [3.05, 3.63) is 29.8 Å². The lowest BCUT2D eigenvalue weighted by atomic mass is 10.2. The van der Waals surface area contributed by atoms with Gasteiger partial charge in [-0.2, -0.15) is 0 Å². The Kier molecular flexibility index (Phi) is 5.59. The molecule has 0 bridgehead atoms. The summed E-state index contributed by atoms with van der Waals surface area (Å²) in [6.45, 7) is 8.64. The summed E-state index contributed by atoms with van der Waals surface area (Å²) in [5.74, 6) is 0.962. The normalized spacial score (nSPS) is 17.6. The number of amides is 1. The maximum absolute atomic E-state index is 11.8. The summed E-state index contributed by atoms with van der Waals surface area (Å²) in [5.41, 5.74) is 6.92. The maximum atomic E-state index is 11.8. The highest BCUT2D eigenvalue weighted by molar-refractivity contribution is 5.81. The molecule has 2 rings (SSSR count). The van der Waals surface area contributed by atoms with E-state index in [4.69, 9.17) is 10.5 Å². The summed E-state index contributed by atoms with van der Waals surface area (Å²) in [4.78, 5) is 16.1. The van der Waals surface area contributed by atoms with Crippen LogP contribution in [0.2, 0.25) is 0 Å². The SMILES string of the molecule is CCOc1ccc(CN2CCN(C(=O)C(C)N)CC2)cc1. The number of rotatable bonds is 5. The van der Waals surface area contributed by atoms with E-state index in [1.54, 1.807) is 6.92 Å². The van der Waals surface area contributed by atoms with Crippen LogP contribution in [-0.4, -0.2) is 54.5 Å². The van der Waals surface area contributed by atoms with Crippen LogP contribution in [0.15, 0.2) is 24.3 Å². The van der Waals surface area contributed by atoms with Crippen LogP contribution in [0.3, 0.4) is 0 Å². The standard InChI is InChI=1S/C16H25N3O2/c1-3-21-15-6-4-14(5-7-15)12-18-8-10-19(11-9-18)16(20)13(2)17/h4-7,13H,3,8-12,17H2,1-2H3. The van der Waals surface area contributed by atoms with Crippen molar-refractivity contribution < 1.29 is 9.53 Å². The maximum Gasteiger partial charge on any atom is 0.239 e. The van der Waals surface area contributed by atoms with Gasteiger partial charge in [-0.3, -0.25) is 9.69 Å². The molecular weight excluding hydrogens is 266 g/mol. The molecule has 1 saturated heterocycles. The molecule has 1 aliphatic heterocycles. The van der Waals surface area contributed by atoms with Gasteiger partial charge in [0.15, 0.2) is 0 Å². The molecule has 1 amide bonds. The fourth-order valence-corrected chi connectivity index (χ4v) is 2.53. The number of hydrogen-bond acceptors (Lipinski definition) is 4. The highest BCUT2D eigenvalue weighted by atomic mass is 16.5. The largest absolute Gasteiger partial charge is 0.494 e. The number of carbonyl (C=O) groups excluding carboxylic acids is 1. The molecule has 0 aromatic heterocycles. The van der Waals surface area contributed by atoms with Crippen LogP contribution in [0.4, 0.5) is 0 Å². The van der Waals surface area contributed by atoms with Gasteiger partial charge in [0.05, 0.1) is 12.6 Å². The smallest absolute Gasteiger partial charge is 0.239 e. The first-order chi connectivity index (χ1) is 10.1. The molecule has 5 heteroatoms. The van der Waals surface area contributed by atoms with Gasteiger partial charge in [-0.15, -0.1) is 0 Å². The van der Waals surface area contributed by atoms with E-state index in [0.29, 0.717) is 6.61 Å². The lowest BCUT2D eigenvalue weighted by molar-refractivity contribution is -0.134. The highest BCUT2D eigenvalue weighted by Gasteiger charge is 2.22. The molecule has 1 aromatic rings. The molecule has 116 valence electrons. The third kappa shape index (κ3) is 4.44. The van der Waals surface area contributed by atoms with Crippen molar-refractivity contribution in [2.45, 2.75) is 26.4 Å². The van der Waals surface area contributed by atoms with Gasteiger partial charge < -0.3 is 15.4 Å². The van der Waals surface area contributed by atoms with Gasteiger partial charge in [-0.05, 0) is 31.5 Å². The van der Waals surface area contributed by atoms with Crippen LogP contribution in [0, 0.1) is 0 Å². The molecule has 0 aliphatic carbocycles. The lowest BCUT2D eigenvalue weighted by Crippen LogP contribution is -2.52. The van der Waals surface area contributed by atoms with Crippen LogP contribution in [-0.2, 0) is 11.3 Å². The number of benzene rings is 1. The third-order valence-electron chi connectivity index (χ3n) is 3.71. The second-order valence-corrected chi connectivity index (χ2v) is 5.47. The van der Waals surface area contributed by atoms with Gasteiger partial charge in [0.1, 0.15) is 5.75 Å². The number of ether oxygens (including phenoxy) is 1. The molecule has 1 heterocycles. The molecule has 5 nitrogen and oxygen atoms in total. The van der Waals surface area contributed by atoms with E-state index in [0.717, 1.165) is 38.5 Å². The van der Waals surface area contributed by atoms with Gasteiger partial charge in [0, 0.05) is 32.7 Å². The molecule has 1 aliphatic rings. The molecule has 0 radical (unpaired) electrons. The van der Waals surface area contributed by atoms with Crippen LogP contribution in [0.5, 0.6) is 5.75 Å². The molecule has 1 unspecified atom stereocenters. The summed E-state index contributed by atoms with van der Waals surface area (Å²) < 4.78 is 5.44. The van der Waals surface area contributed by atoms with Crippen molar-refractivity contribution in [2.24, 2.45) is 5.73 Å². The fourth-order valence-electron chi connectivity index (χ4n) is 2.53. The van der Waals surface area contributed by atoms with Gasteiger partial charge in [-0.1, -0.05) is 12.1 Å². The van der Waals surface area contributed by atoms with E-state index in [1.165, 1.54) is 5.56 Å². The molecule has 1 aromatic carbocycles. The molecule has 2 N–H and O–H groups in total. The Hall–Kier alpha value is -1.59. The molecule has 1 atom stereocenters. The summed E-state index contributed by atoms with van der Waals surface area (Å²) in [6, 6.07) is 7.82. The topological polar surface area (TPSA) is 58.8 Å². The van der Waals surface area contributed by atoms with Crippen molar-refractivity contribution >= 4 is 5.91 Å². The predicted octanol–water partition coefficient (Wildman–Crippen LogP) is 1.08. The predicted molar refractivity (Wildman–Crippen MR) is 83.1 cm³/mol. The van der Waals surface area contributed by atoms with Gasteiger partial charge in [0.25, 0.3) is 0 Å². The molecule has 1 fully saturated rings. The average molecular weight is 291 g/mol. The number of nitrogens with zero attached hydrogens (tertiary/aromatic N) is 2. The Balaban J connectivity index is 1.81. The molecular formula is C16H25N3O2. The Morgan fingerprint density at radius 3 is 2.38 bits per heavy atom. The minimum atomic E-state index is -0.400. The summed E-state index contributed by atoms with van der Waals surface area (Å²) in [6.07, 6.45) is 0. The minimum absolute atomic E-state index is 0.0516. The second-order valence-electron chi connectivity index (χ2n) is 5.47. The Morgan fingerprint density at radius 1 is 1.24 bits per heavy atom. The molecule has 0 saturated carbocycles. The number of carbonyl (C=O) groups is 1. The van der Waals surface area contributed by atoms with Gasteiger partial charge >= 0.3 is 0 Å². The first-order valence-corrected chi connectivity index (χ1v) is 7.58. The summed E-state index contributed by atoms with van der Waals surface area (Å²) in [5, 5.41) is 0. The van der Waals surface area contributed by atoms with E-state index in [-0.39, 0.29) is 5.91 Å². The molecule has 0 spiro atoms. The fraction of sp³-hybridized carbons (Fsp3) is 0.562. The first-order valence-electron chi connectivity index (χ1n) is 7.58. The minimum Gasteiger partial charge on any atom is -0.494 e. The number of piperazine rings is 1. The third-order valence-corrected chi connectivity index (χ3v) is 3.71. The zero-order valence-corrected chi connectivity index (χ0v) is 12.9. The summed E-state index contributed by atoms with van der Waals surface area (Å²) >= 11 is 0. The zero-order chi connectivity index (χ0) is 15.2. The van der Waals surface area contributed by atoms with Crippen LogP contribution < -0.4 is 10.5 Å². The van der Waals surface area contributed by atoms with Gasteiger partial charge in [-0.25, -0.2) is 0 Å². The quantitative estimate of drug-likeness (QED) is 0.882. The van der Waals surface area contributed by atoms with E-state index in [9.17, 15) is 4.79 Å². The van der Waals surface area contributed by atoms with E-state index < -0.39 is 6.04 Å². The Morgan fingerprint density at radius 2 is 1.86 bits per heavy atom. The van der Waals surface area contributed by atoms with Crippen molar-refractivity contribution in [3.8, 4) is 5.75 Å².